The number of thiophene rings is 1. The predicted octanol–water partition coefficient (Wildman–Crippen LogP) is 1.67. The fourth-order valence-corrected chi connectivity index (χ4v) is 2.95. The van der Waals surface area contributed by atoms with Crippen molar-refractivity contribution in [3.63, 3.8) is 0 Å². The molecule has 2 aromatic rings. The van der Waals surface area contributed by atoms with Crippen LogP contribution in [0.3, 0.4) is 0 Å². The summed E-state index contributed by atoms with van der Waals surface area (Å²) in [5, 5.41) is 6.13. The smallest absolute Gasteiger partial charge is 0.414 e. The lowest BCUT2D eigenvalue weighted by Crippen LogP contribution is -2.87. The summed E-state index contributed by atoms with van der Waals surface area (Å²) < 4.78 is 4.69. The van der Waals surface area contributed by atoms with Crippen LogP contribution in [0.15, 0.2) is 47.8 Å². The lowest BCUT2D eigenvalue weighted by atomic mass is 10.1. The van der Waals surface area contributed by atoms with E-state index < -0.39 is 6.09 Å². The van der Waals surface area contributed by atoms with Gasteiger partial charge in [0.25, 0.3) is 5.91 Å². The Morgan fingerprint density at radius 3 is 2.64 bits per heavy atom. The first-order valence-electron chi connectivity index (χ1n) is 7.09. The summed E-state index contributed by atoms with van der Waals surface area (Å²) in [6.45, 7) is 2.08. The number of nitrogens with one attached hydrogen (secondary N) is 1. The summed E-state index contributed by atoms with van der Waals surface area (Å²) >= 11 is 1.64. The molecule has 1 aromatic heterocycles. The van der Waals surface area contributed by atoms with Gasteiger partial charge in [-0.15, -0.1) is 11.3 Å². The highest BCUT2D eigenvalue weighted by molar-refractivity contribution is 7.10. The van der Waals surface area contributed by atoms with Gasteiger partial charge >= 0.3 is 6.09 Å². The van der Waals surface area contributed by atoms with Gasteiger partial charge in [-0.1, -0.05) is 36.4 Å². The quantitative estimate of drug-likeness (QED) is 0.851. The topological polar surface area (TPSA) is 72.0 Å². The number of nitrogens with two attached hydrogens (primary N) is 1. The van der Waals surface area contributed by atoms with Crippen LogP contribution in [-0.2, 0) is 9.53 Å². The van der Waals surface area contributed by atoms with E-state index in [1.807, 2.05) is 53.2 Å². The van der Waals surface area contributed by atoms with E-state index in [2.05, 4.69) is 5.32 Å². The van der Waals surface area contributed by atoms with Crippen molar-refractivity contribution in [1.29, 1.82) is 0 Å². The second-order valence-corrected chi connectivity index (χ2v) is 5.59. The number of carbonyl (C=O) groups excluding carboxylic acids is 2. The first kappa shape index (κ1) is 16.2. The molecular weight excluding hydrogens is 300 g/mol. The molecule has 0 aliphatic carbocycles. The van der Waals surface area contributed by atoms with Crippen molar-refractivity contribution >= 4 is 23.3 Å². The van der Waals surface area contributed by atoms with Crippen molar-refractivity contribution in [2.24, 2.45) is 0 Å². The Morgan fingerprint density at radius 2 is 2.00 bits per heavy atom. The fourth-order valence-electron chi connectivity index (χ4n) is 2.10. The Labute approximate surface area is 133 Å². The molecule has 0 radical (unpaired) electrons. The summed E-state index contributed by atoms with van der Waals surface area (Å²) in [6.07, 6.45) is -0.701. The van der Waals surface area contributed by atoms with Crippen molar-refractivity contribution in [3.05, 3.63) is 58.3 Å². The van der Waals surface area contributed by atoms with Gasteiger partial charge in [0, 0.05) is 5.56 Å². The van der Waals surface area contributed by atoms with Crippen molar-refractivity contribution in [3.8, 4) is 0 Å². The first-order valence-corrected chi connectivity index (χ1v) is 7.97. The minimum absolute atomic E-state index is 0.0362. The third-order valence-corrected chi connectivity index (χ3v) is 4.02. The van der Waals surface area contributed by atoms with Gasteiger partial charge in [0.05, 0.1) is 11.5 Å². The van der Waals surface area contributed by atoms with Crippen LogP contribution < -0.4 is 10.6 Å². The van der Waals surface area contributed by atoms with Gasteiger partial charge in [-0.05, 0) is 18.4 Å². The van der Waals surface area contributed by atoms with Crippen LogP contribution >= 0.6 is 11.3 Å². The van der Waals surface area contributed by atoms with E-state index in [1.165, 1.54) is 0 Å². The van der Waals surface area contributed by atoms with Crippen LogP contribution in [-0.4, -0.2) is 25.2 Å². The third-order valence-electron chi connectivity index (χ3n) is 3.06. The van der Waals surface area contributed by atoms with Crippen LogP contribution in [0.4, 0.5) is 4.79 Å². The molecular formula is C16H19N2O3S+. The predicted molar refractivity (Wildman–Crippen MR) is 84.6 cm³/mol. The Hall–Kier alpha value is -2.18. The normalized spacial score (nSPS) is 11.7. The number of amides is 2. The molecule has 1 atom stereocenters. The van der Waals surface area contributed by atoms with E-state index in [-0.39, 0.29) is 25.1 Å². The molecule has 0 unspecified atom stereocenters. The molecule has 0 spiro atoms. The molecule has 2 amide bonds. The second kappa shape index (κ2) is 8.31. The number of imide groups is 1. The van der Waals surface area contributed by atoms with Crippen molar-refractivity contribution < 1.29 is 19.6 Å². The monoisotopic (exact) mass is 319 g/mol. The zero-order chi connectivity index (χ0) is 15.8. The van der Waals surface area contributed by atoms with Crippen molar-refractivity contribution in [2.75, 3.05) is 13.2 Å². The second-order valence-electron chi connectivity index (χ2n) is 4.61. The summed E-state index contributed by atoms with van der Waals surface area (Å²) in [4.78, 5) is 24.2. The maximum Gasteiger partial charge on any atom is 0.414 e. The number of hydrogen-bond acceptors (Lipinski definition) is 4. The molecule has 6 heteroatoms. The highest BCUT2D eigenvalue weighted by atomic mass is 32.1. The highest BCUT2D eigenvalue weighted by Crippen LogP contribution is 2.22. The molecule has 0 bridgehead atoms. The number of quaternary nitrogens is 1. The van der Waals surface area contributed by atoms with E-state index in [1.54, 1.807) is 18.3 Å². The fraction of sp³-hybridized carbons (Fsp3) is 0.250. The molecule has 1 heterocycles. The molecule has 0 fully saturated rings. The van der Waals surface area contributed by atoms with Crippen LogP contribution in [0, 0.1) is 0 Å². The third kappa shape index (κ3) is 4.68. The minimum Gasteiger partial charge on any atom is -0.450 e. The number of rotatable bonds is 6. The molecule has 3 N–H and O–H groups in total. The Bertz CT molecular complexity index is 599. The maximum absolute atomic E-state index is 11.8. The lowest BCUT2D eigenvalue weighted by molar-refractivity contribution is -0.676. The first-order chi connectivity index (χ1) is 10.7. The van der Waals surface area contributed by atoms with E-state index >= 15 is 0 Å². The van der Waals surface area contributed by atoms with E-state index in [0.717, 1.165) is 10.4 Å². The van der Waals surface area contributed by atoms with Crippen molar-refractivity contribution in [2.45, 2.75) is 13.0 Å². The molecule has 0 aliphatic rings. The summed E-state index contributed by atoms with van der Waals surface area (Å²) in [7, 11) is 0. The maximum atomic E-state index is 11.8. The lowest BCUT2D eigenvalue weighted by Gasteiger charge is -2.14. The highest BCUT2D eigenvalue weighted by Gasteiger charge is 2.20. The van der Waals surface area contributed by atoms with Gasteiger partial charge in [-0.25, -0.2) is 4.79 Å². The number of carbonyl (C=O) groups is 2. The number of ether oxygens (including phenoxy) is 1. The van der Waals surface area contributed by atoms with Crippen LogP contribution in [0.5, 0.6) is 0 Å². The van der Waals surface area contributed by atoms with Gasteiger partial charge in [0.2, 0.25) is 0 Å². The van der Waals surface area contributed by atoms with Gasteiger partial charge in [0.1, 0.15) is 6.04 Å². The van der Waals surface area contributed by atoms with Crippen LogP contribution in [0.25, 0.3) is 0 Å². The Morgan fingerprint density at radius 1 is 1.23 bits per heavy atom. The summed E-state index contributed by atoms with van der Waals surface area (Å²) in [5.41, 5.74) is 1.12. The van der Waals surface area contributed by atoms with Gasteiger partial charge < -0.3 is 10.1 Å². The van der Waals surface area contributed by atoms with Gasteiger partial charge in [-0.3, -0.25) is 10.1 Å². The molecule has 0 saturated heterocycles. The SMILES string of the molecule is CCOC(=O)NC(=O)C[NH2+][C@H](c1ccccc1)c1cccs1. The molecule has 116 valence electrons. The summed E-state index contributed by atoms with van der Waals surface area (Å²) in [6, 6.07) is 14.0. The molecule has 0 aliphatic heterocycles. The van der Waals surface area contributed by atoms with Crippen LogP contribution in [0.2, 0.25) is 0 Å². The van der Waals surface area contributed by atoms with Gasteiger partial charge in [-0.2, -0.15) is 0 Å². The standard InChI is InChI=1S/C16H18N2O3S/c1-2-21-16(20)18-14(19)11-17-15(13-9-6-10-22-13)12-7-4-3-5-8-12/h3-10,15,17H,2,11H2,1H3,(H,18,19,20)/p+1/t15-/m1/s1. The Balaban J connectivity index is 1.99. The average Bonchev–Trinajstić information content (AvgIpc) is 3.03. The summed E-state index contributed by atoms with van der Waals surface area (Å²) in [5.74, 6) is -0.365. The zero-order valence-corrected chi connectivity index (χ0v) is 13.1. The number of benzene rings is 1. The largest absolute Gasteiger partial charge is 0.450 e. The Kier molecular flexibility index (Phi) is 6.12. The molecule has 0 saturated carbocycles. The zero-order valence-electron chi connectivity index (χ0n) is 12.3. The molecule has 2 rings (SSSR count). The molecule has 22 heavy (non-hydrogen) atoms. The van der Waals surface area contributed by atoms with Crippen molar-refractivity contribution in [1.82, 2.24) is 5.32 Å². The van der Waals surface area contributed by atoms with Gasteiger partial charge in [0.15, 0.2) is 6.54 Å². The van der Waals surface area contributed by atoms with E-state index in [9.17, 15) is 9.59 Å². The molecule has 5 nitrogen and oxygen atoms in total. The number of hydrogen-bond donors (Lipinski definition) is 2. The minimum atomic E-state index is -0.701. The average molecular weight is 319 g/mol. The number of alkyl carbamates (subject to hydrolysis) is 1. The molecule has 1 aromatic carbocycles. The van der Waals surface area contributed by atoms with Crippen LogP contribution in [0.1, 0.15) is 23.4 Å². The van der Waals surface area contributed by atoms with E-state index in [0.29, 0.717) is 0 Å². The van der Waals surface area contributed by atoms with E-state index in [4.69, 9.17) is 4.74 Å².